The van der Waals surface area contributed by atoms with Crippen molar-refractivity contribution < 1.29 is 20.4 Å². The lowest BCUT2D eigenvalue weighted by Gasteiger charge is -2.38. The molecule has 0 saturated heterocycles. The Hall–Kier alpha value is -0.160. The molecule has 2 aliphatic rings. The highest BCUT2D eigenvalue weighted by Gasteiger charge is 2.35. The Morgan fingerprint density at radius 2 is 0.853 bits per heavy atom. The van der Waals surface area contributed by atoms with Crippen molar-refractivity contribution in [1.82, 2.24) is 0 Å². The summed E-state index contributed by atoms with van der Waals surface area (Å²) in [5, 5.41) is 41.1. The van der Waals surface area contributed by atoms with Crippen molar-refractivity contribution >= 4 is 0 Å². The quantitative estimate of drug-likeness (QED) is 0.201. The van der Waals surface area contributed by atoms with E-state index in [2.05, 4.69) is 27.7 Å². The van der Waals surface area contributed by atoms with Crippen LogP contribution in [0, 0.1) is 34.5 Å². The molecular weight excluding hydrogens is 424 g/mol. The summed E-state index contributed by atoms with van der Waals surface area (Å²) >= 11 is 0. The van der Waals surface area contributed by atoms with E-state index in [0.29, 0.717) is 23.7 Å². The van der Waals surface area contributed by atoms with Gasteiger partial charge in [-0.2, -0.15) is 0 Å². The molecular formula is C30H58O4. The number of aliphatic hydroxyl groups is 4. The molecule has 34 heavy (non-hydrogen) atoms. The Bertz CT molecular complexity index is 498. The van der Waals surface area contributed by atoms with Gasteiger partial charge in [-0.15, -0.1) is 0 Å². The van der Waals surface area contributed by atoms with E-state index in [1.807, 2.05) is 0 Å². The highest BCUT2D eigenvalue weighted by atomic mass is 16.3. The van der Waals surface area contributed by atoms with Gasteiger partial charge >= 0.3 is 0 Å². The Morgan fingerprint density at radius 1 is 0.529 bits per heavy atom. The SMILES string of the molecule is CC(C)(CO)CCCCC1CCCC(CCC2CCCC(CCCCC(C)(C)CO)C2O)C1O. The molecule has 0 amide bonds. The van der Waals surface area contributed by atoms with Crippen molar-refractivity contribution in [3.8, 4) is 0 Å². The van der Waals surface area contributed by atoms with Crippen molar-refractivity contribution in [3.05, 3.63) is 0 Å². The summed E-state index contributed by atoms with van der Waals surface area (Å²) in [6.45, 7) is 9.00. The van der Waals surface area contributed by atoms with Crippen LogP contribution in [0.5, 0.6) is 0 Å². The van der Waals surface area contributed by atoms with Crippen molar-refractivity contribution in [2.24, 2.45) is 34.5 Å². The Labute approximate surface area is 210 Å². The first-order chi connectivity index (χ1) is 16.1. The van der Waals surface area contributed by atoms with Crippen molar-refractivity contribution in [3.63, 3.8) is 0 Å². The fourth-order valence-corrected chi connectivity index (χ4v) is 6.60. The molecule has 0 aliphatic heterocycles. The summed E-state index contributed by atoms with van der Waals surface area (Å²) in [6.07, 6.45) is 17.7. The highest BCUT2D eigenvalue weighted by Crippen LogP contribution is 2.40. The predicted octanol–water partition coefficient (Wildman–Crippen LogP) is 6.48. The summed E-state index contributed by atoms with van der Waals surface area (Å²) in [5.74, 6) is 1.67. The first-order valence-electron chi connectivity index (χ1n) is 14.7. The summed E-state index contributed by atoms with van der Waals surface area (Å²) in [6, 6.07) is 0. The number of unbranched alkanes of at least 4 members (excludes halogenated alkanes) is 2. The van der Waals surface area contributed by atoms with Crippen molar-refractivity contribution in [1.29, 1.82) is 0 Å². The number of rotatable bonds is 15. The monoisotopic (exact) mass is 482 g/mol. The number of hydrogen-bond donors (Lipinski definition) is 4. The second kappa shape index (κ2) is 14.5. The maximum absolute atomic E-state index is 11.1. The Kier molecular flexibility index (Phi) is 12.9. The molecule has 4 heteroatoms. The number of aliphatic hydroxyl groups excluding tert-OH is 4. The third-order valence-corrected chi connectivity index (χ3v) is 9.35. The van der Waals surface area contributed by atoms with Gasteiger partial charge in [0.15, 0.2) is 0 Å². The molecule has 6 unspecified atom stereocenters. The zero-order chi connectivity index (χ0) is 25.2. The molecule has 2 rings (SSSR count). The summed E-state index contributed by atoms with van der Waals surface area (Å²) in [7, 11) is 0. The normalized spacial score (nSPS) is 31.1. The lowest BCUT2D eigenvalue weighted by molar-refractivity contribution is -0.0143. The van der Waals surface area contributed by atoms with Crippen molar-refractivity contribution in [2.75, 3.05) is 13.2 Å². The molecule has 202 valence electrons. The number of hydrogen-bond acceptors (Lipinski definition) is 4. The fourth-order valence-electron chi connectivity index (χ4n) is 6.60. The maximum Gasteiger partial charge on any atom is 0.0596 e. The Morgan fingerprint density at radius 3 is 1.18 bits per heavy atom. The van der Waals surface area contributed by atoms with Gasteiger partial charge in [0.05, 0.1) is 12.2 Å². The third kappa shape index (κ3) is 10.1. The van der Waals surface area contributed by atoms with Gasteiger partial charge in [0.25, 0.3) is 0 Å². The Balaban J connectivity index is 1.71. The van der Waals surface area contributed by atoms with Crippen LogP contribution in [0.3, 0.4) is 0 Å². The highest BCUT2D eigenvalue weighted by molar-refractivity contribution is 4.86. The molecule has 4 nitrogen and oxygen atoms in total. The zero-order valence-electron chi connectivity index (χ0n) is 23.0. The van der Waals surface area contributed by atoms with Gasteiger partial charge in [0, 0.05) is 13.2 Å². The van der Waals surface area contributed by atoms with Crippen LogP contribution in [0.4, 0.5) is 0 Å². The largest absolute Gasteiger partial charge is 0.396 e. The van der Waals surface area contributed by atoms with Gasteiger partial charge in [0.2, 0.25) is 0 Å². The molecule has 0 spiro atoms. The second-order valence-corrected chi connectivity index (χ2v) is 13.6. The average Bonchev–Trinajstić information content (AvgIpc) is 2.81. The minimum Gasteiger partial charge on any atom is -0.396 e. The smallest absolute Gasteiger partial charge is 0.0596 e. The minimum absolute atomic E-state index is 0.0163. The van der Waals surface area contributed by atoms with Crippen LogP contribution in [0.1, 0.15) is 130 Å². The molecule has 6 atom stereocenters. The first kappa shape index (κ1) is 30.1. The van der Waals surface area contributed by atoms with Crippen LogP contribution in [0.15, 0.2) is 0 Å². The molecule has 0 bridgehead atoms. The minimum atomic E-state index is -0.175. The molecule has 0 aromatic carbocycles. The van der Waals surface area contributed by atoms with Gasteiger partial charge in [-0.3, -0.25) is 0 Å². The topological polar surface area (TPSA) is 80.9 Å². The molecule has 4 N–H and O–H groups in total. The van der Waals surface area contributed by atoms with E-state index in [0.717, 1.165) is 89.9 Å². The van der Waals surface area contributed by atoms with E-state index in [1.165, 1.54) is 12.8 Å². The van der Waals surface area contributed by atoms with Crippen LogP contribution >= 0.6 is 0 Å². The lowest BCUT2D eigenvalue weighted by Crippen LogP contribution is -2.36. The second-order valence-electron chi connectivity index (χ2n) is 13.6. The molecule has 2 fully saturated rings. The first-order valence-corrected chi connectivity index (χ1v) is 14.7. The van der Waals surface area contributed by atoms with Gasteiger partial charge in [-0.1, -0.05) is 66.2 Å². The molecule has 0 radical (unpaired) electrons. The van der Waals surface area contributed by atoms with E-state index < -0.39 is 0 Å². The van der Waals surface area contributed by atoms with Crippen LogP contribution in [0.2, 0.25) is 0 Å². The molecule has 2 saturated carbocycles. The van der Waals surface area contributed by atoms with Gasteiger partial charge < -0.3 is 20.4 Å². The summed E-state index contributed by atoms with van der Waals surface area (Å²) in [4.78, 5) is 0. The van der Waals surface area contributed by atoms with E-state index in [1.54, 1.807) is 0 Å². The van der Waals surface area contributed by atoms with Gasteiger partial charge in [-0.25, -0.2) is 0 Å². The molecule has 0 aromatic rings. The third-order valence-electron chi connectivity index (χ3n) is 9.35. The predicted molar refractivity (Wildman–Crippen MR) is 142 cm³/mol. The maximum atomic E-state index is 11.1. The molecule has 0 aromatic heterocycles. The average molecular weight is 483 g/mol. The molecule has 2 aliphatic carbocycles. The fraction of sp³-hybridized carbons (Fsp3) is 1.00. The molecule has 0 heterocycles. The van der Waals surface area contributed by atoms with E-state index in [4.69, 9.17) is 0 Å². The van der Waals surface area contributed by atoms with Crippen LogP contribution < -0.4 is 0 Å². The van der Waals surface area contributed by atoms with E-state index in [-0.39, 0.29) is 36.3 Å². The summed E-state index contributed by atoms with van der Waals surface area (Å²) in [5.41, 5.74) is 0.0326. The van der Waals surface area contributed by atoms with Crippen molar-refractivity contribution in [2.45, 2.75) is 143 Å². The standard InChI is InChI=1S/C30H58O4/c1-29(2,21-31)19-7-5-11-23-13-9-15-25(27(23)33)17-18-26-16-10-14-24(28(26)34)12-6-8-20-30(3,4)22-32/h23-28,31-34H,5-22H2,1-4H3. The van der Waals surface area contributed by atoms with Crippen LogP contribution in [-0.4, -0.2) is 45.8 Å². The van der Waals surface area contributed by atoms with Crippen LogP contribution in [0.25, 0.3) is 0 Å². The summed E-state index contributed by atoms with van der Waals surface area (Å²) < 4.78 is 0. The van der Waals surface area contributed by atoms with Crippen LogP contribution in [-0.2, 0) is 0 Å². The van der Waals surface area contributed by atoms with E-state index >= 15 is 0 Å². The van der Waals surface area contributed by atoms with Gasteiger partial charge in [-0.05, 0) is 98.7 Å². The van der Waals surface area contributed by atoms with Gasteiger partial charge in [0.1, 0.15) is 0 Å². The lowest BCUT2D eigenvalue weighted by atomic mass is 9.70. The zero-order valence-corrected chi connectivity index (χ0v) is 23.0. The van der Waals surface area contributed by atoms with E-state index in [9.17, 15) is 20.4 Å².